The Labute approximate surface area is 209 Å². The zero-order valence-corrected chi connectivity index (χ0v) is 21.3. The summed E-state index contributed by atoms with van der Waals surface area (Å²) in [5, 5.41) is 2.83. The highest BCUT2D eigenvalue weighted by Gasteiger charge is 2.23. The van der Waals surface area contributed by atoms with Crippen molar-refractivity contribution in [3.63, 3.8) is 0 Å². The number of rotatable bonds is 11. The zero-order valence-electron chi connectivity index (χ0n) is 21.3. The fourth-order valence-corrected chi connectivity index (χ4v) is 3.84. The van der Waals surface area contributed by atoms with Crippen LogP contribution in [0.15, 0.2) is 47.6 Å². The number of nitrogens with zero attached hydrogens (tertiary/aromatic N) is 1. The van der Waals surface area contributed by atoms with Crippen LogP contribution in [0.5, 0.6) is 0 Å². The van der Waals surface area contributed by atoms with E-state index in [4.69, 9.17) is 9.47 Å². The van der Waals surface area contributed by atoms with E-state index >= 15 is 0 Å². The Morgan fingerprint density at radius 1 is 0.971 bits per heavy atom. The van der Waals surface area contributed by atoms with E-state index in [1.807, 2.05) is 24.3 Å². The van der Waals surface area contributed by atoms with E-state index < -0.39 is 0 Å². The molecule has 0 unspecified atom stereocenters. The van der Waals surface area contributed by atoms with Gasteiger partial charge in [-0.15, -0.1) is 0 Å². The number of fused-ring (bicyclic) bond motifs is 2. The van der Waals surface area contributed by atoms with Gasteiger partial charge in [0.2, 0.25) is 11.8 Å². The monoisotopic (exact) mass is 478 g/mol. The molecule has 2 aliphatic rings. The van der Waals surface area contributed by atoms with Gasteiger partial charge in [-0.05, 0) is 42.4 Å². The predicted molar refractivity (Wildman–Crippen MR) is 139 cm³/mol. The molecule has 1 heterocycles. The second-order valence-electron chi connectivity index (χ2n) is 10.1. The van der Waals surface area contributed by atoms with Crippen LogP contribution in [-0.2, 0) is 19.1 Å². The highest BCUT2D eigenvalue weighted by molar-refractivity contribution is 5.97. The molecule has 188 valence electrons. The smallest absolute Gasteiger partial charge is 0.227 e. The average molecular weight is 479 g/mol. The number of allylic oxidation sites excluding steroid dienone is 2. The normalized spacial score (nSPS) is 14.9. The van der Waals surface area contributed by atoms with E-state index in [1.54, 1.807) is 4.90 Å². The van der Waals surface area contributed by atoms with Crippen LogP contribution >= 0.6 is 0 Å². The fraction of sp³-hybridized carbons (Fsp3) is 0.517. The number of amides is 2. The van der Waals surface area contributed by atoms with E-state index in [1.165, 1.54) is 0 Å². The van der Waals surface area contributed by atoms with Gasteiger partial charge in [0.15, 0.2) is 0 Å². The zero-order chi connectivity index (χ0) is 25.1. The van der Waals surface area contributed by atoms with Crippen LogP contribution in [0, 0.1) is 17.3 Å². The van der Waals surface area contributed by atoms with Crippen molar-refractivity contribution in [3.8, 4) is 11.8 Å². The van der Waals surface area contributed by atoms with Crippen molar-refractivity contribution < 1.29 is 19.1 Å². The van der Waals surface area contributed by atoms with Crippen LogP contribution < -0.4 is 10.2 Å². The van der Waals surface area contributed by atoms with Gasteiger partial charge in [-0.2, -0.15) is 0 Å². The van der Waals surface area contributed by atoms with Gasteiger partial charge < -0.3 is 19.7 Å². The molecule has 1 aliphatic heterocycles. The lowest BCUT2D eigenvalue weighted by atomic mass is 9.93. The van der Waals surface area contributed by atoms with Gasteiger partial charge in [-0.25, -0.2) is 0 Å². The highest BCUT2D eigenvalue weighted by Crippen LogP contribution is 2.28. The molecular weight excluding hydrogens is 440 g/mol. The summed E-state index contributed by atoms with van der Waals surface area (Å²) >= 11 is 0. The Bertz CT molecular complexity index is 1010. The molecule has 3 rings (SSSR count). The molecule has 1 aromatic rings. The van der Waals surface area contributed by atoms with E-state index in [0.29, 0.717) is 32.9 Å². The van der Waals surface area contributed by atoms with Crippen LogP contribution in [0.3, 0.4) is 0 Å². The molecule has 35 heavy (non-hydrogen) atoms. The third-order valence-electron chi connectivity index (χ3n) is 5.91. The summed E-state index contributed by atoms with van der Waals surface area (Å²) in [5.74, 6) is 6.26. The summed E-state index contributed by atoms with van der Waals surface area (Å²) < 4.78 is 11.1. The van der Waals surface area contributed by atoms with Crippen molar-refractivity contribution in [2.24, 2.45) is 5.41 Å². The van der Waals surface area contributed by atoms with Crippen LogP contribution in [-0.4, -0.2) is 51.3 Å². The Hall–Kier alpha value is -2.88. The second-order valence-corrected chi connectivity index (χ2v) is 10.1. The molecule has 1 N–H and O–H groups in total. The number of anilines is 1. The van der Waals surface area contributed by atoms with Gasteiger partial charge in [0, 0.05) is 37.1 Å². The number of hydrogen-bond acceptors (Lipinski definition) is 4. The Morgan fingerprint density at radius 2 is 1.71 bits per heavy atom. The standard InChI is InChI=1S/C29H38N2O4/c1-29(2,3)16-18-34-20-21-35-19-17-30-27(32)14-15-28(33)31-22-25-10-5-4-8-23(25)12-13-24-9-6-7-11-26(24)31/h6-11H,4-5,14-22H2,1-3H3,(H,30,32). The minimum Gasteiger partial charge on any atom is -0.379 e. The van der Waals surface area contributed by atoms with Crippen molar-refractivity contribution in [3.05, 3.63) is 53.1 Å². The van der Waals surface area contributed by atoms with E-state index in [-0.39, 0.29) is 30.1 Å². The molecular formula is C29H38N2O4. The molecule has 0 aromatic heterocycles. The first-order valence-electron chi connectivity index (χ1n) is 12.6. The molecule has 0 radical (unpaired) electrons. The van der Waals surface area contributed by atoms with Crippen molar-refractivity contribution in [2.45, 2.75) is 52.9 Å². The van der Waals surface area contributed by atoms with E-state index in [0.717, 1.165) is 48.3 Å². The van der Waals surface area contributed by atoms with E-state index in [9.17, 15) is 9.59 Å². The number of nitrogens with one attached hydrogen (secondary N) is 1. The molecule has 1 aromatic carbocycles. The number of benzene rings is 1. The van der Waals surface area contributed by atoms with Crippen LogP contribution in [0.2, 0.25) is 0 Å². The average Bonchev–Trinajstić information content (AvgIpc) is 2.82. The summed E-state index contributed by atoms with van der Waals surface area (Å²) in [5.41, 5.74) is 3.98. The van der Waals surface area contributed by atoms with Crippen molar-refractivity contribution in [2.75, 3.05) is 44.4 Å². The number of hydrogen-bond donors (Lipinski definition) is 1. The van der Waals surface area contributed by atoms with Crippen LogP contribution in [0.1, 0.15) is 58.4 Å². The third kappa shape index (κ3) is 9.01. The lowest BCUT2D eigenvalue weighted by Crippen LogP contribution is -2.35. The molecule has 0 bridgehead atoms. The van der Waals surface area contributed by atoms with Crippen LogP contribution in [0.4, 0.5) is 5.69 Å². The van der Waals surface area contributed by atoms with E-state index in [2.05, 4.69) is 50.1 Å². The number of carbonyl (C=O) groups excluding carboxylic acids is 2. The fourth-order valence-electron chi connectivity index (χ4n) is 3.84. The van der Waals surface area contributed by atoms with Gasteiger partial charge >= 0.3 is 0 Å². The number of ether oxygens (including phenoxy) is 2. The number of para-hydroxylation sites is 1. The van der Waals surface area contributed by atoms with Crippen LogP contribution in [0.25, 0.3) is 0 Å². The molecule has 0 saturated heterocycles. The predicted octanol–water partition coefficient (Wildman–Crippen LogP) is 4.40. The summed E-state index contributed by atoms with van der Waals surface area (Å²) in [6.07, 6.45) is 7.53. The van der Waals surface area contributed by atoms with Crippen molar-refractivity contribution >= 4 is 17.5 Å². The molecule has 1 aliphatic carbocycles. The molecule has 6 heteroatoms. The Morgan fingerprint density at radius 3 is 2.51 bits per heavy atom. The van der Waals surface area contributed by atoms with Crippen molar-refractivity contribution in [1.29, 1.82) is 0 Å². The SMILES string of the molecule is CC(C)(C)CCOCCOCCNC(=O)CCC(=O)N1CC2=CCCC=C2C#Cc2ccccc21. The first kappa shape index (κ1) is 26.7. The molecule has 2 amide bonds. The Balaban J connectivity index is 1.41. The summed E-state index contributed by atoms with van der Waals surface area (Å²) in [7, 11) is 0. The van der Waals surface area contributed by atoms with Gasteiger partial charge in [0.05, 0.1) is 32.1 Å². The first-order chi connectivity index (χ1) is 16.8. The molecule has 0 fully saturated rings. The topological polar surface area (TPSA) is 67.9 Å². The van der Waals surface area contributed by atoms with Gasteiger partial charge in [0.25, 0.3) is 0 Å². The second kappa shape index (κ2) is 13.3. The largest absolute Gasteiger partial charge is 0.379 e. The maximum atomic E-state index is 13.2. The lowest BCUT2D eigenvalue weighted by molar-refractivity contribution is -0.125. The summed E-state index contributed by atoms with van der Waals surface area (Å²) in [6, 6.07) is 7.70. The summed E-state index contributed by atoms with van der Waals surface area (Å²) in [4.78, 5) is 27.2. The third-order valence-corrected chi connectivity index (χ3v) is 5.91. The highest BCUT2D eigenvalue weighted by atomic mass is 16.5. The maximum absolute atomic E-state index is 13.2. The lowest BCUT2D eigenvalue weighted by Gasteiger charge is -2.27. The molecule has 0 saturated carbocycles. The number of carbonyl (C=O) groups is 2. The maximum Gasteiger partial charge on any atom is 0.227 e. The quantitative estimate of drug-likeness (QED) is 0.378. The minimum atomic E-state index is -0.152. The van der Waals surface area contributed by atoms with Gasteiger partial charge in [-0.1, -0.05) is 56.9 Å². The molecule has 0 atom stereocenters. The van der Waals surface area contributed by atoms with Crippen molar-refractivity contribution in [1.82, 2.24) is 5.32 Å². The molecule has 0 spiro atoms. The Kier molecular flexibility index (Phi) is 10.1. The molecule has 6 nitrogen and oxygen atoms in total. The summed E-state index contributed by atoms with van der Waals surface area (Å²) in [6.45, 7) is 9.65. The first-order valence-corrected chi connectivity index (χ1v) is 12.6. The minimum absolute atomic E-state index is 0.0780. The van der Waals surface area contributed by atoms with Gasteiger partial charge in [-0.3, -0.25) is 9.59 Å². The van der Waals surface area contributed by atoms with Gasteiger partial charge in [0.1, 0.15) is 0 Å².